The number of esters is 2. The second-order valence-electron chi connectivity index (χ2n) is 3.92. The summed E-state index contributed by atoms with van der Waals surface area (Å²) in [4.78, 5) is 21.6. The van der Waals surface area contributed by atoms with Crippen molar-refractivity contribution in [1.29, 1.82) is 0 Å². The first kappa shape index (κ1) is 20.3. The maximum Gasteiger partial charge on any atom is 0.303 e. The first-order chi connectivity index (χ1) is 9.49. The number of alkyl halides is 2. The first-order valence-electron chi connectivity index (χ1n) is 6.11. The highest BCUT2D eigenvalue weighted by molar-refractivity contribution is 14.1. The van der Waals surface area contributed by atoms with Gasteiger partial charge in [0.1, 0.15) is 12.2 Å². The first-order valence-corrected chi connectivity index (χ1v) is 9.16. The van der Waals surface area contributed by atoms with E-state index >= 15 is 0 Å². The van der Waals surface area contributed by atoms with Crippen LogP contribution in [0.1, 0.15) is 13.8 Å². The minimum Gasteiger partial charge on any atom is -0.459 e. The predicted octanol–water partition coefficient (Wildman–Crippen LogP) is 1.75. The third-order valence-electron chi connectivity index (χ3n) is 1.99. The van der Waals surface area contributed by atoms with Gasteiger partial charge >= 0.3 is 11.9 Å². The summed E-state index contributed by atoms with van der Waals surface area (Å²) in [5, 5.41) is 0. The summed E-state index contributed by atoms with van der Waals surface area (Å²) in [5.41, 5.74) is 0. The van der Waals surface area contributed by atoms with Gasteiger partial charge in [-0.3, -0.25) is 9.59 Å². The van der Waals surface area contributed by atoms with Crippen LogP contribution in [-0.2, 0) is 28.5 Å². The topological polar surface area (TPSA) is 71.1 Å². The normalized spacial score (nSPS) is 13.6. The fourth-order valence-corrected chi connectivity index (χ4v) is 2.11. The largest absolute Gasteiger partial charge is 0.459 e. The Kier molecular flexibility index (Phi) is 13.2. The Morgan fingerprint density at radius 3 is 1.45 bits per heavy atom. The van der Waals surface area contributed by atoms with Crippen molar-refractivity contribution >= 4 is 57.1 Å². The third kappa shape index (κ3) is 12.1. The molecular formula is C12H20I2O6. The number of rotatable bonds is 11. The van der Waals surface area contributed by atoms with Gasteiger partial charge in [-0.2, -0.15) is 0 Å². The minimum atomic E-state index is -0.308. The molecule has 0 rings (SSSR count). The van der Waals surface area contributed by atoms with Crippen LogP contribution in [0, 0.1) is 0 Å². The molecule has 118 valence electrons. The van der Waals surface area contributed by atoms with Crippen molar-refractivity contribution < 1.29 is 28.5 Å². The van der Waals surface area contributed by atoms with E-state index in [1.807, 2.05) is 0 Å². The Morgan fingerprint density at radius 1 is 0.850 bits per heavy atom. The molecule has 0 fully saturated rings. The average molecular weight is 514 g/mol. The summed E-state index contributed by atoms with van der Waals surface area (Å²) in [5.74, 6) is -0.615. The van der Waals surface area contributed by atoms with E-state index in [-0.39, 0.29) is 24.1 Å². The molecule has 2 atom stereocenters. The average Bonchev–Trinajstić information content (AvgIpc) is 2.38. The van der Waals surface area contributed by atoms with Crippen LogP contribution < -0.4 is 0 Å². The highest BCUT2D eigenvalue weighted by atomic mass is 127. The lowest BCUT2D eigenvalue weighted by Gasteiger charge is -2.16. The fourth-order valence-electron chi connectivity index (χ4n) is 1.24. The second kappa shape index (κ2) is 13.0. The molecule has 20 heavy (non-hydrogen) atoms. The van der Waals surface area contributed by atoms with Gasteiger partial charge in [-0.15, -0.1) is 0 Å². The maximum absolute atomic E-state index is 10.8. The van der Waals surface area contributed by atoms with Crippen LogP contribution in [0.4, 0.5) is 0 Å². The molecule has 0 heterocycles. The molecule has 0 aromatic carbocycles. The smallest absolute Gasteiger partial charge is 0.303 e. The Hall–Kier alpha value is 0.320. The lowest BCUT2D eigenvalue weighted by atomic mass is 10.4. The van der Waals surface area contributed by atoms with Crippen LogP contribution >= 0.6 is 45.2 Å². The Balaban J connectivity index is 3.60. The van der Waals surface area contributed by atoms with Gasteiger partial charge in [0, 0.05) is 22.7 Å². The van der Waals surface area contributed by atoms with Gasteiger partial charge < -0.3 is 18.9 Å². The summed E-state index contributed by atoms with van der Waals surface area (Å²) >= 11 is 4.28. The van der Waals surface area contributed by atoms with Gasteiger partial charge in [-0.1, -0.05) is 45.2 Å². The van der Waals surface area contributed by atoms with E-state index in [2.05, 4.69) is 45.2 Å². The third-order valence-corrected chi connectivity index (χ3v) is 3.95. The molecule has 8 heteroatoms. The molecule has 6 nitrogen and oxygen atoms in total. The Morgan fingerprint density at radius 2 is 1.20 bits per heavy atom. The highest BCUT2D eigenvalue weighted by Gasteiger charge is 2.11. The van der Waals surface area contributed by atoms with Crippen molar-refractivity contribution in [3.8, 4) is 0 Å². The zero-order valence-corrected chi connectivity index (χ0v) is 15.9. The van der Waals surface area contributed by atoms with E-state index in [4.69, 9.17) is 18.9 Å². The standard InChI is InChI=1S/C12H20I2O6/c1-9(15)19-11(5-13)7-17-3-4-18-8-12(6-14)20-10(2)16/h11-12H,3-8H2,1-2H3. The SMILES string of the molecule is CC(=O)OC(CI)COCCOCC(CI)OC(C)=O. The van der Waals surface area contributed by atoms with E-state index in [1.54, 1.807) is 0 Å². The molecule has 0 spiro atoms. The summed E-state index contributed by atoms with van der Waals surface area (Å²) < 4.78 is 22.2. The van der Waals surface area contributed by atoms with Gasteiger partial charge in [0.2, 0.25) is 0 Å². The van der Waals surface area contributed by atoms with Crippen molar-refractivity contribution in [2.75, 3.05) is 35.3 Å². The molecule has 0 N–H and O–H groups in total. The van der Waals surface area contributed by atoms with Crippen LogP contribution in [0.5, 0.6) is 0 Å². The monoisotopic (exact) mass is 514 g/mol. The summed E-state index contributed by atoms with van der Waals surface area (Å²) in [6.45, 7) is 4.27. The number of halogens is 2. The van der Waals surface area contributed by atoms with E-state index < -0.39 is 0 Å². The quantitative estimate of drug-likeness (QED) is 0.181. The molecule has 0 radical (unpaired) electrons. The van der Waals surface area contributed by atoms with Gasteiger partial charge in [0.25, 0.3) is 0 Å². The molecule has 0 aliphatic carbocycles. The predicted molar refractivity (Wildman–Crippen MR) is 90.5 cm³/mol. The molecule has 0 bridgehead atoms. The number of carbonyl (C=O) groups is 2. The molecule has 2 unspecified atom stereocenters. The fraction of sp³-hybridized carbons (Fsp3) is 0.833. The van der Waals surface area contributed by atoms with Crippen LogP contribution in [-0.4, -0.2) is 59.4 Å². The zero-order valence-electron chi connectivity index (χ0n) is 11.6. The molecule has 0 aromatic rings. The lowest BCUT2D eigenvalue weighted by Crippen LogP contribution is -2.26. The molecule has 0 aromatic heterocycles. The molecule has 0 saturated heterocycles. The second-order valence-corrected chi connectivity index (χ2v) is 5.68. The van der Waals surface area contributed by atoms with Crippen molar-refractivity contribution in [1.82, 2.24) is 0 Å². The molecule has 0 aliphatic rings. The molecule has 0 saturated carbocycles. The van der Waals surface area contributed by atoms with Gasteiger partial charge in [-0.05, 0) is 0 Å². The Bertz CT molecular complexity index is 259. The van der Waals surface area contributed by atoms with E-state index in [0.717, 1.165) is 0 Å². The number of hydrogen-bond acceptors (Lipinski definition) is 6. The van der Waals surface area contributed by atoms with Crippen molar-refractivity contribution in [2.45, 2.75) is 26.1 Å². The molecule has 0 amide bonds. The maximum atomic E-state index is 10.8. The summed E-state index contributed by atoms with van der Waals surface area (Å²) in [6.07, 6.45) is -0.451. The van der Waals surface area contributed by atoms with Crippen molar-refractivity contribution in [2.24, 2.45) is 0 Å². The summed E-state index contributed by atoms with van der Waals surface area (Å²) in [6, 6.07) is 0. The van der Waals surface area contributed by atoms with Gasteiger partial charge in [0.05, 0.1) is 26.4 Å². The lowest BCUT2D eigenvalue weighted by molar-refractivity contribution is -0.150. The number of ether oxygens (including phenoxy) is 4. The highest BCUT2D eigenvalue weighted by Crippen LogP contribution is 2.01. The Labute approximate surface area is 146 Å². The number of hydrogen-bond donors (Lipinski definition) is 0. The van der Waals surface area contributed by atoms with Crippen LogP contribution in [0.3, 0.4) is 0 Å². The number of carbonyl (C=O) groups excluding carboxylic acids is 2. The van der Waals surface area contributed by atoms with E-state index in [9.17, 15) is 9.59 Å². The molecular weight excluding hydrogens is 494 g/mol. The van der Waals surface area contributed by atoms with Crippen LogP contribution in [0.25, 0.3) is 0 Å². The van der Waals surface area contributed by atoms with Gasteiger partial charge in [-0.25, -0.2) is 0 Å². The zero-order chi connectivity index (χ0) is 15.4. The minimum absolute atomic E-state index is 0.226. The van der Waals surface area contributed by atoms with Gasteiger partial charge in [0.15, 0.2) is 0 Å². The van der Waals surface area contributed by atoms with Crippen molar-refractivity contribution in [3.05, 3.63) is 0 Å². The molecule has 0 aliphatic heterocycles. The van der Waals surface area contributed by atoms with Crippen LogP contribution in [0.2, 0.25) is 0 Å². The van der Waals surface area contributed by atoms with E-state index in [0.29, 0.717) is 35.3 Å². The van der Waals surface area contributed by atoms with Crippen molar-refractivity contribution in [3.63, 3.8) is 0 Å². The van der Waals surface area contributed by atoms with Crippen LogP contribution in [0.15, 0.2) is 0 Å². The van der Waals surface area contributed by atoms with E-state index in [1.165, 1.54) is 13.8 Å². The summed E-state index contributed by atoms with van der Waals surface area (Å²) in [7, 11) is 0.